The molecule has 0 unspecified atom stereocenters. The van der Waals surface area contributed by atoms with Crippen LogP contribution in [0.1, 0.15) is 37.7 Å². The fourth-order valence-corrected chi connectivity index (χ4v) is 4.42. The molecule has 1 aliphatic rings. The highest BCUT2D eigenvalue weighted by Crippen LogP contribution is 2.34. The number of carbonyl (C=O) groups excluding carboxylic acids is 1. The number of hydrogen-bond donors (Lipinski definition) is 2. The lowest BCUT2D eigenvalue weighted by Gasteiger charge is -2.27. The minimum absolute atomic E-state index is 0.169. The number of carboxylic acid groups (broad SMARTS) is 1. The molecule has 23 heavy (non-hydrogen) atoms. The number of thioether (sulfide) groups is 1. The monoisotopic (exact) mass is 336 g/mol. The third kappa shape index (κ3) is 5.78. The molecule has 3 N–H and O–H groups in total. The first-order valence-corrected chi connectivity index (χ1v) is 9.04. The van der Waals surface area contributed by atoms with Crippen molar-refractivity contribution in [3.05, 3.63) is 35.9 Å². The lowest BCUT2D eigenvalue weighted by atomic mass is 10.1. The Morgan fingerprint density at radius 2 is 2.00 bits per heavy atom. The topological polar surface area (TPSA) is 83.6 Å². The summed E-state index contributed by atoms with van der Waals surface area (Å²) in [4.78, 5) is 24.1. The van der Waals surface area contributed by atoms with Gasteiger partial charge in [0, 0.05) is 30.0 Å². The van der Waals surface area contributed by atoms with Crippen LogP contribution in [0.25, 0.3) is 0 Å². The van der Waals surface area contributed by atoms with Gasteiger partial charge >= 0.3 is 12.0 Å². The Kier molecular flexibility index (Phi) is 6.77. The van der Waals surface area contributed by atoms with E-state index in [1.165, 1.54) is 0 Å². The lowest BCUT2D eigenvalue weighted by molar-refractivity contribution is -0.137. The molecule has 1 fully saturated rings. The predicted molar refractivity (Wildman–Crippen MR) is 92.3 cm³/mol. The van der Waals surface area contributed by atoms with Crippen molar-refractivity contribution in [2.45, 2.75) is 49.9 Å². The SMILES string of the molecule is NC(=O)N(Cc1ccccc1)[C@H]1CS[C@H](CCCCC(=O)O)C1. The third-order valence-electron chi connectivity index (χ3n) is 4.15. The number of amides is 2. The summed E-state index contributed by atoms with van der Waals surface area (Å²) < 4.78 is 0. The molecule has 0 aliphatic carbocycles. The Balaban J connectivity index is 1.82. The molecule has 0 radical (unpaired) electrons. The molecule has 0 spiro atoms. The molecule has 1 aliphatic heterocycles. The van der Waals surface area contributed by atoms with E-state index in [4.69, 9.17) is 10.8 Å². The van der Waals surface area contributed by atoms with Crippen molar-refractivity contribution in [1.29, 1.82) is 0 Å². The van der Waals surface area contributed by atoms with Crippen LogP contribution in [0.3, 0.4) is 0 Å². The number of carboxylic acids is 1. The van der Waals surface area contributed by atoms with Crippen LogP contribution in [-0.4, -0.2) is 39.1 Å². The second-order valence-electron chi connectivity index (χ2n) is 5.94. The molecule has 126 valence electrons. The zero-order valence-corrected chi connectivity index (χ0v) is 14.0. The smallest absolute Gasteiger partial charge is 0.315 e. The molecule has 2 amide bonds. The van der Waals surface area contributed by atoms with Crippen LogP contribution in [0.4, 0.5) is 4.79 Å². The molecule has 2 atom stereocenters. The lowest BCUT2D eigenvalue weighted by Crippen LogP contribution is -2.43. The van der Waals surface area contributed by atoms with Crippen molar-refractivity contribution in [3.8, 4) is 0 Å². The standard InChI is InChI=1S/C17H24N2O3S/c18-17(22)19(11-13-6-2-1-3-7-13)14-10-15(23-12-14)8-4-5-9-16(20)21/h1-3,6-7,14-15H,4-5,8-12H2,(H2,18,22)(H,20,21)/t14-,15-/m1/s1. The van der Waals surface area contributed by atoms with Crippen LogP contribution in [0.15, 0.2) is 30.3 Å². The van der Waals surface area contributed by atoms with Crippen LogP contribution in [-0.2, 0) is 11.3 Å². The molecule has 1 aromatic rings. The van der Waals surface area contributed by atoms with Gasteiger partial charge in [-0.1, -0.05) is 36.8 Å². The number of hydrogen-bond acceptors (Lipinski definition) is 3. The molecule has 0 aromatic heterocycles. The highest BCUT2D eigenvalue weighted by atomic mass is 32.2. The van der Waals surface area contributed by atoms with Crippen LogP contribution in [0.5, 0.6) is 0 Å². The minimum Gasteiger partial charge on any atom is -0.481 e. The van der Waals surface area contributed by atoms with E-state index in [1.54, 1.807) is 4.90 Å². The third-order valence-corrected chi connectivity index (χ3v) is 5.62. The highest BCUT2D eigenvalue weighted by molar-refractivity contribution is 8.00. The summed E-state index contributed by atoms with van der Waals surface area (Å²) in [5, 5.41) is 9.15. The van der Waals surface area contributed by atoms with Gasteiger partial charge < -0.3 is 15.7 Å². The predicted octanol–water partition coefficient (Wildman–Crippen LogP) is 3.09. The zero-order valence-electron chi connectivity index (χ0n) is 13.2. The average molecular weight is 336 g/mol. The number of unbranched alkanes of at least 4 members (excludes halogenated alkanes) is 1. The number of aliphatic carboxylic acids is 1. The first-order chi connectivity index (χ1) is 11.1. The molecule has 1 saturated heterocycles. The van der Waals surface area contributed by atoms with Gasteiger partial charge in [-0.2, -0.15) is 11.8 Å². The molecular formula is C17H24N2O3S. The zero-order chi connectivity index (χ0) is 16.7. The second kappa shape index (κ2) is 8.82. The fraction of sp³-hybridized carbons (Fsp3) is 0.529. The van der Waals surface area contributed by atoms with Crippen LogP contribution in [0, 0.1) is 0 Å². The number of rotatable bonds is 8. The van der Waals surface area contributed by atoms with Gasteiger partial charge in [-0.25, -0.2) is 4.79 Å². The van der Waals surface area contributed by atoms with Gasteiger partial charge in [0.25, 0.3) is 0 Å². The summed E-state index contributed by atoms with van der Waals surface area (Å²) in [6, 6.07) is 9.68. The van der Waals surface area contributed by atoms with E-state index in [9.17, 15) is 9.59 Å². The maximum atomic E-state index is 11.8. The van der Waals surface area contributed by atoms with Gasteiger partial charge in [0.2, 0.25) is 0 Å². The molecule has 2 rings (SSSR count). The average Bonchev–Trinajstić information content (AvgIpc) is 2.98. The van der Waals surface area contributed by atoms with E-state index in [-0.39, 0.29) is 18.5 Å². The minimum atomic E-state index is -0.732. The van der Waals surface area contributed by atoms with Crippen molar-refractivity contribution in [2.24, 2.45) is 5.73 Å². The van der Waals surface area contributed by atoms with E-state index in [0.29, 0.717) is 11.8 Å². The van der Waals surface area contributed by atoms with Crippen molar-refractivity contribution in [1.82, 2.24) is 4.90 Å². The summed E-state index contributed by atoms with van der Waals surface area (Å²) in [5.41, 5.74) is 6.66. The van der Waals surface area contributed by atoms with Crippen LogP contribution in [0.2, 0.25) is 0 Å². The number of primary amides is 1. The Hall–Kier alpha value is -1.69. The molecule has 0 bridgehead atoms. The molecule has 1 aromatic carbocycles. The van der Waals surface area contributed by atoms with Crippen LogP contribution < -0.4 is 5.73 Å². The summed E-state index contributed by atoms with van der Waals surface area (Å²) in [5.74, 6) is 0.170. The summed E-state index contributed by atoms with van der Waals surface area (Å²) >= 11 is 1.87. The fourth-order valence-electron chi connectivity index (χ4n) is 2.92. The largest absolute Gasteiger partial charge is 0.481 e. The number of benzene rings is 1. The van der Waals surface area contributed by atoms with Crippen LogP contribution >= 0.6 is 11.8 Å². The number of carbonyl (C=O) groups is 2. The van der Waals surface area contributed by atoms with Gasteiger partial charge in [-0.05, 0) is 24.8 Å². The summed E-state index contributed by atoms with van der Waals surface area (Å²) in [6.07, 6.45) is 3.83. The van der Waals surface area contributed by atoms with Gasteiger partial charge in [0.1, 0.15) is 0 Å². The van der Waals surface area contributed by atoms with Gasteiger partial charge in [-0.15, -0.1) is 0 Å². The maximum Gasteiger partial charge on any atom is 0.315 e. The first-order valence-electron chi connectivity index (χ1n) is 7.99. The normalized spacial score (nSPS) is 20.3. The van der Waals surface area contributed by atoms with Crippen molar-refractivity contribution >= 4 is 23.8 Å². The van der Waals surface area contributed by atoms with E-state index in [0.717, 1.165) is 37.0 Å². The Bertz CT molecular complexity index is 524. The van der Waals surface area contributed by atoms with Gasteiger partial charge in [-0.3, -0.25) is 4.79 Å². The van der Waals surface area contributed by atoms with E-state index >= 15 is 0 Å². The summed E-state index contributed by atoms with van der Waals surface area (Å²) in [6.45, 7) is 0.549. The molecule has 5 nitrogen and oxygen atoms in total. The van der Waals surface area contributed by atoms with Gasteiger partial charge in [0.05, 0.1) is 0 Å². The Morgan fingerprint density at radius 3 is 2.65 bits per heavy atom. The maximum absolute atomic E-state index is 11.8. The molecule has 6 heteroatoms. The highest BCUT2D eigenvalue weighted by Gasteiger charge is 2.31. The Labute approximate surface area is 141 Å². The van der Waals surface area contributed by atoms with E-state index in [1.807, 2.05) is 42.1 Å². The van der Waals surface area contributed by atoms with Crippen molar-refractivity contribution in [2.75, 3.05) is 5.75 Å². The van der Waals surface area contributed by atoms with E-state index < -0.39 is 5.97 Å². The Morgan fingerprint density at radius 1 is 1.26 bits per heavy atom. The van der Waals surface area contributed by atoms with E-state index in [2.05, 4.69) is 0 Å². The quantitative estimate of drug-likeness (QED) is 0.715. The number of urea groups is 1. The summed E-state index contributed by atoms with van der Waals surface area (Å²) in [7, 11) is 0. The van der Waals surface area contributed by atoms with Gasteiger partial charge in [0.15, 0.2) is 0 Å². The first kappa shape index (κ1) is 17.7. The molecule has 0 saturated carbocycles. The van der Waals surface area contributed by atoms with Crippen molar-refractivity contribution < 1.29 is 14.7 Å². The molecular weight excluding hydrogens is 312 g/mol. The number of nitrogens with zero attached hydrogens (tertiary/aromatic N) is 1. The second-order valence-corrected chi connectivity index (χ2v) is 7.27. The van der Waals surface area contributed by atoms with Crippen molar-refractivity contribution in [3.63, 3.8) is 0 Å². The molecule has 1 heterocycles. The number of nitrogens with two attached hydrogens (primary N) is 1.